The van der Waals surface area contributed by atoms with Gasteiger partial charge < -0.3 is 15.4 Å². The summed E-state index contributed by atoms with van der Waals surface area (Å²) in [5.74, 6) is 0.274. The molecule has 0 spiro atoms. The molecule has 2 N–H and O–H groups in total. The molecule has 1 aliphatic heterocycles. The largest absolute Gasteiger partial charge is 0.381 e. The molecule has 0 bridgehead atoms. The van der Waals surface area contributed by atoms with Crippen LogP contribution in [-0.2, 0) is 15.1 Å². The molecule has 2 unspecified atom stereocenters. The minimum atomic E-state index is -0.267. The van der Waals surface area contributed by atoms with Crippen LogP contribution in [0.3, 0.4) is 0 Å². The Balaban J connectivity index is 1.75. The molecule has 0 aromatic heterocycles. The fourth-order valence-electron chi connectivity index (χ4n) is 4.02. The summed E-state index contributed by atoms with van der Waals surface area (Å²) < 4.78 is 5.48. The van der Waals surface area contributed by atoms with E-state index in [2.05, 4.69) is 34.9 Å². The Hall–Kier alpha value is -1.39. The third-order valence-corrected chi connectivity index (χ3v) is 5.40. The lowest BCUT2D eigenvalue weighted by molar-refractivity contribution is -0.130. The maximum Gasteiger partial charge on any atom is 0.223 e. The fraction of sp³-hybridized carbons (Fsp3) is 0.632. The predicted molar refractivity (Wildman–Crippen MR) is 91.1 cm³/mol. The number of amides is 1. The highest BCUT2D eigenvalue weighted by molar-refractivity contribution is 5.80. The minimum Gasteiger partial charge on any atom is -0.381 e. The van der Waals surface area contributed by atoms with Crippen LogP contribution in [-0.4, -0.2) is 32.2 Å². The number of hydrogen-bond acceptors (Lipinski definition) is 3. The van der Waals surface area contributed by atoms with Crippen LogP contribution in [0.15, 0.2) is 30.3 Å². The Labute approximate surface area is 139 Å². The van der Waals surface area contributed by atoms with Crippen molar-refractivity contribution in [3.63, 3.8) is 0 Å². The van der Waals surface area contributed by atoms with E-state index < -0.39 is 0 Å². The molecular formula is C19H28N2O2. The van der Waals surface area contributed by atoms with E-state index in [0.717, 1.165) is 51.6 Å². The zero-order valence-electron chi connectivity index (χ0n) is 14.0. The van der Waals surface area contributed by atoms with E-state index in [9.17, 15) is 4.79 Å². The second-order valence-electron chi connectivity index (χ2n) is 6.94. The first-order valence-corrected chi connectivity index (χ1v) is 8.84. The van der Waals surface area contributed by atoms with Gasteiger partial charge in [-0.25, -0.2) is 0 Å². The molecule has 0 radical (unpaired) electrons. The highest BCUT2D eigenvalue weighted by atomic mass is 16.5. The van der Waals surface area contributed by atoms with Crippen LogP contribution in [0.25, 0.3) is 0 Å². The summed E-state index contributed by atoms with van der Waals surface area (Å²) >= 11 is 0. The number of benzene rings is 1. The summed E-state index contributed by atoms with van der Waals surface area (Å²) in [5, 5.41) is 6.87. The van der Waals surface area contributed by atoms with Crippen molar-refractivity contribution in [2.75, 3.05) is 20.2 Å². The Bertz CT molecular complexity index is 511. The first-order chi connectivity index (χ1) is 11.2. The topological polar surface area (TPSA) is 50.4 Å². The molecule has 4 heteroatoms. The van der Waals surface area contributed by atoms with Crippen LogP contribution in [0, 0.1) is 5.92 Å². The van der Waals surface area contributed by atoms with E-state index in [4.69, 9.17) is 4.74 Å². The molecule has 3 rings (SSSR count). The number of piperidine rings is 1. The third kappa shape index (κ3) is 3.75. The van der Waals surface area contributed by atoms with Crippen molar-refractivity contribution in [2.45, 2.75) is 50.2 Å². The van der Waals surface area contributed by atoms with E-state index in [-0.39, 0.29) is 23.5 Å². The first-order valence-electron chi connectivity index (χ1n) is 8.84. The molecule has 126 valence electrons. The molecule has 1 aliphatic carbocycles. The van der Waals surface area contributed by atoms with E-state index in [1.54, 1.807) is 7.11 Å². The Kier molecular flexibility index (Phi) is 5.34. The predicted octanol–water partition coefficient (Wildman–Crippen LogP) is 2.59. The quantitative estimate of drug-likeness (QED) is 0.898. The maximum absolute atomic E-state index is 12.9. The van der Waals surface area contributed by atoms with Crippen LogP contribution in [0.5, 0.6) is 0 Å². The summed E-state index contributed by atoms with van der Waals surface area (Å²) in [6.07, 6.45) is 6.29. The van der Waals surface area contributed by atoms with Gasteiger partial charge in [0.15, 0.2) is 0 Å². The van der Waals surface area contributed by atoms with Gasteiger partial charge in [-0.1, -0.05) is 36.8 Å². The molecule has 1 aromatic carbocycles. The molecule has 1 saturated carbocycles. The van der Waals surface area contributed by atoms with Gasteiger partial charge in [-0.3, -0.25) is 4.79 Å². The molecule has 4 nitrogen and oxygen atoms in total. The molecule has 1 heterocycles. The first kappa shape index (κ1) is 16.5. The van der Waals surface area contributed by atoms with E-state index in [0.29, 0.717) is 0 Å². The zero-order valence-corrected chi connectivity index (χ0v) is 14.0. The van der Waals surface area contributed by atoms with Gasteiger partial charge in [0.1, 0.15) is 0 Å². The van der Waals surface area contributed by atoms with Gasteiger partial charge in [-0.15, -0.1) is 0 Å². The van der Waals surface area contributed by atoms with Crippen molar-refractivity contribution in [1.82, 2.24) is 10.6 Å². The lowest BCUT2D eigenvalue weighted by Crippen LogP contribution is -2.56. The number of hydrogen-bond donors (Lipinski definition) is 2. The lowest BCUT2D eigenvalue weighted by atomic mass is 9.81. The van der Waals surface area contributed by atoms with Gasteiger partial charge in [0.05, 0.1) is 11.6 Å². The maximum atomic E-state index is 12.9. The molecular weight excluding hydrogens is 288 g/mol. The molecule has 1 amide bonds. The molecule has 2 fully saturated rings. The van der Waals surface area contributed by atoms with Crippen LogP contribution in [0.4, 0.5) is 0 Å². The minimum absolute atomic E-state index is 0.0798. The molecule has 2 aliphatic rings. The van der Waals surface area contributed by atoms with Gasteiger partial charge >= 0.3 is 0 Å². The molecule has 1 saturated heterocycles. The van der Waals surface area contributed by atoms with E-state index in [1.807, 2.05) is 6.07 Å². The standard InChI is InChI=1S/C19H28N2O2/c1-23-17-10-5-7-15(13-17)18(22)21-19(11-6-12-20-14-19)16-8-3-2-4-9-16/h2-4,8-9,15,17,20H,5-7,10-14H2,1H3,(H,21,22)/t15?,17?,19-/m1/s1. The summed E-state index contributed by atoms with van der Waals surface area (Å²) in [4.78, 5) is 12.9. The number of carbonyl (C=O) groups is 1. The van der Waals surface area contributed by atoms with Gasteiger partial charge in [-0.2, -0.15) is 0 Å². The molecule has 1 aromatic rings. The molecule has 3 atom stereocenters. The van der Waals surface area contributed by atoms with Gasteiger partial charge in [-0.05, 0) is 44.2 Å². The average molecular weight is 316 g/mol. The average Bonchev–Trinajstić information content (AvgIpc) is 2.63. The van der Waals surface area contributed by atoms with Crippen molar-refractivity contribution >= 4 is 5.91 Å². The number of methoxy groups -OCH3 is 1. The van der Waals surface area contributed by atoms with Crippen LogP contribution >= 0.6 is 0 Å². The Morgan fingerprint density at radius 2 is 2.09 bits per heavy atom. The fourth-order valence-corrected chi connectivity index (χ4v) is 4.02. The van der Waals surface area contributed by atoms with Crippen LogP contribution in [0.2, 0.25) is 0 Å². The normalized spacial score (nSPS) is 31.5. The molecule has 23 heavy (non-hydrogen) atoms. The number of nitrogens with one attached hydrogen (secondary N) is 2. The summed E-state index contributed by atoms with van der Waals surface area (Å²) in [7, 11) is 1.75. The highest BCUT2D eigenvalue weighted by Gasteiger charge is 2.38. The lowest BCUT2D eigenvalue weighted by Gasteiger charge is -2.40. The van der Waals surface area contributed by atoms with Crippen LogP contribution < -0.4 is 10.6 Å². The SMILES string of the molecule is COC1CCCC(C(=O)N[C@]2(c3ccccc3)CCCNC2)C1. The van der Waals surface area contributed by atoms with E-state index >= 15 is 0 Å². The third-order valence-electron chi connectivity index (χ3n) is 5.40. The second kappa shape index (κ2) is 7.45. The smallest absolute Gasteiger partial charge is 0.223 e. The number of rotatable bonds is 4. The van der Waals surface area contributed by atoms with Gasteiger partial charge in [0.2, 0.25) is 5.91 Å². The summed E-state index contributed by atoms with van der Waals surface area (Å²) in [6.45, 7) is 1.84. The van der Waals surface area contributed by atoms with Crippen molar-refractivity contribution in [3.05, 3.63) is 35.9 Å². The highest BCUT2D eigenvalue weighted by Crippen LogP contribution is 2.31. The Morgan fingerprint density at radius 3 is 2.78 bits per heavy atom. The van der Waals surface area contributed by atoms with Crippen molar-refractivity contribution < 1.29 is 9.53 Å². The van der Waals surface area contributed by atoms with Crippen molar-refractivity contribution in [1.29, 1.82) is 0 Å². The van der Waals surface area contributed by atoms with E-state index in [1.165, 1.54) is 5.56 Å². The van der Waals surface area contributed by atoms with Crippen LogP contribution in [0.1, 0.15) is 44.1 Å². The monoisotopic (exact) mass is 316 g/mol. The van der Waals surface area contributed by atoms with Gasteiger partial charge in [0.25, 0.3) is 0 Å². The summed E-state index contributed by atoms with van der Waals surface area (Å²) in [6, 6.07) is 10.4. The van der Waals surface area contributed by atoms with Gasteiger partial charge in [0, 0.05) is 19.6 Å². The van der Waals surface area contributed by atoms with Crippen molar-refractivity contribution in [2.24, 2.45) is 5.92 Å². The second-order valence-corrected chi connectivity index (χ2v) is 6.94. The number of carbonyl (C=O) groups excluding carboxylic acids is 1. The van der Waals surface area contributed by atoms with Crippen molar-refractivity contribution in [3.8, 4) is 0 Å². The number of ether oxygens (including phenoxy) is 1. The summed E-state index contributed by atoms with van der Waals surface area (Å²) in [5.41, 5.74) is 0.941. The zero-order chi connectivity index (χ0) is 16.1. The Morgan fingerprint density at radius 1 is 1.26 bits per heavy atom.